The molecule has 2 aromatic rings. The number of nitrogens with zero attached hydrogens (tertiary/aromatic N) is 2. The Morgan fingerprint density at radius 1 is 1.20 bits per heavy atom. The number of carbonyl (C=O) groups excluding carboxylic acids is 2. The topological polar surface area (TPSA) is 94.2 Å². The van der Waals surface area contributed by atoms with Crippen LogP contribution < -0.4 is 15.2 Å². The van der Waals surface area contributed by atoms with Crippen molar-refractivity contribution in [1.82, 2.24) is 4.90 Å². The monoisotopic (exact) mass is 447 g/mol. The van der Waals surface area contributed by atoms with Crippen molar-refractivity contribution < 1.29 is 19.1 Å². The van der Waals surface area contributed by atoms with Crippen LogP contribution in [0.2, 0.25) is 5.02 Å². The van der Waals surface area contributed by atoms with E-state index in [1.165, 1.54) is 11.8 Å². The number of aliphatic imine (C=N–C) groups is 1. The fourth-order valence-electron chi connectivity index (χ4n) is 2.98. The third-order valence-corrected chi connectivity index (χ3v) is 6.04. The van der Waals surface area contributed by atoms with Gasteiger partial charge in [-0.1, -0.05) is 29.4 Å². The van der Waals surface area contributed by atoms with Gasteiger partial charge in [-0.15, -0.1) is 0 Å². The van der Waals surface area contributed by atoms with Crippen molar-refractivity contribution in [2.75, 3.05) is 20.8 Å². The van der Waals surface area contributed by atoms with E-state index in [1.807, 2.05) is 18.2 Å². The average Bonchev–Trinajstić information content (AvgIpc) is 2.74. The van der Waals surface area contributed by atoms with Crippen molar-refractivity contribution >= 4 is 46.0 Å². The van der Waals surface area contributed by atoms with Crippen molar-refractivity contribution in [3.63, 3.8) is 0 Å². The zero-order valence-corrected chi connectivity index (χ0v) is 18.2. The third kappa shape index (κ3) is 5.25. The predicted molar refractivity (Wildman–Crippen MR) is 119 cm³/mol. The Balaban J connectivity index is 1.83. The molecule has 0 spiro atoms. The number of thioether (sulfide) groups is 1. The maximum Gasteiger partial charge on any atom is 0.231 e. The van der Waals surface area contributed by atoms with Crippen LogP contribution in [0.4, 0.5) is 5.69 Å². The summed E-state index contributed by atoms with van der Waals surface area (Å²) in [6, 6.07) is 12.6. The molecule has 3 rings (SSSR count). The van der Waals surface area contributed by atoms with E-state index < -0.39 is 11.2 Å². The first-order valence-electron chi connectivity index (χ1n) is 9.22. The Morgan fingerprint density at radius 2 is 1.90 bits per heavy atom. The number of methoxy groups -OCH3 is 2. The molecule has 1 saturated heterocycles. The molecule has 0 radical (unpaired) electrons. The number of nitrogens with two attached hydrogens (primary N) is 1. The number of rotatable bonds is 7. The number of benzene rings is 2. The van der Waals surface area contributed by atoms with Crippen molar-refractivity contribution in [2.24, 2.45) is 10.7 Å². The van der Waals surface area contributed by atoms with Crippen LogP contribution in [0.5, 0.6) is 11.5 Å². The summed E-state index contributed by atoms with van der Waals surface area (Å²) in [4.78, 5) is 30.6. The Hall–Kier alpha value is -2.71. The zero-order chi connectivity index (χ0) is 21.7. The molecule has 1 heterocycles. The number of primary amides is 1. The molecule has 0 bridgehead atoms. The van der Waals surface area contributed by atoms with Gasteiger partial charge in [0.2, 0.25) is 11.8 Å². The first-order chi connectivity index (χ1) is 14.4. The molecule has 1 aliphatic heterocycles. The van der Waals surface area contributed by atoms with E-state index in [0.29, 0.717) is 40.3 Å². The number of amides is 2. The fraction of sp³-hybridized carbons (Fsp3) is 0.286. The highest BCUT2D eigenvalue weighted by atomic mass is 35.5. The van der Waals surface area contributed by atoms with Crippen molar-refractivity contribution in [3.8, 4) is 11.5 Å². The molecule has 1 fully saturated rings. The van der Waals surface area contributed by atoms with Crippen LogP contribution in [0.1, 0.15) is 12.0 Å². The van der Waals surface area contributed by atoms with Gasteiger partial charge in [-0.2, -0.15) is 0 Å². The lowest BCUT2D eigenvalue weighted by molar-refractivity contribution is -0.129. The number of hydrogen-bond acceptors (Lipinski definition) is 6. The number of carbonyl (C=O) groups is 2. The zero-order valence-electron chi connectivity index (χ0n) is 16.6. The Bertz CT molecular complexity index is 965. The van der Waals surface area contributed by atoms with E-state index in [4.69, 9.17) is 26.8 Å². The Morgan fingerprint density at radius 3 is 2.53 bits per heavy atom. The molecule has 0 aliphatic carbocycles. The third-order valence-electron chi connectivity index (χ3n) is 4.58. The number of hydrogen-bond donors (Lipinski definition) is 1. The van der Waals surface area contributed by atoms with Crippen LogP contribution in [0.25, 0.3) is 0 Å². The molecule has 30 heavy (non-hydrogen) atoms. The van der Waals surface area contributed by atoms with E-state index in [-0.39, 0.29) is 12.3 Å². The number of amidine groups is 1. The number of ether oxygens (including phenoxy) is 2. The summed E-state index contributed by atoms with van der Waals surface area (Å²) < 4.78 is 10.6. The van der Waals surface area contributed by atoms with Crippen molar-refractivity contribution in [3.05, 3.63) is 53.1 Å². The van der Waals surface area contributed by atoms with Crippen LogP contribution in [-0.4, -0.2) is 47.9 Å². The van der Waals surface area contributed by atoms with Gasteiger partial charge in [-0.25, -0.2) is 4.99 Å². The molecule has 2 amide bonds. The highest BCUT2D eigenvalue weighted by Crippen LogP contribution is 2.31. The summed E-state index contributed by atoms with van der Waals surface area (Å²) in [7, 11) is 3.16. The largest absolute Gasteiger partial charge is 0.493 e. The summed E-state index contributed by atoms with van der Waals surface area (Å²) in [6.07, 6.45) is 0.624. The fourth-order valence-corrected chi connectivity index (χ4v) is 4.18. The maximum absolute atomic E-state index is 12.8. The standard InChI is InChI=1S/C21H22ClN3O4S/c1-28-16-8-3-13(11-17(16)29-2)9-10-25-19(26)12-18(20(23)27)30-21(25)24-15-6-4-14(22)5-7-15/h3-8,11,18H,9-10,12H2,1-2H3,(H2,23,27). The summed E-state index contributed by atoms with van der Waals surface area (Å²) in [5.74, 6) is 0.542. The second-order valence-corrected chi connectivity index (χ2v) is 8.17. The van der Waals surface area contributed by atoms with Crippen LogP contribution in [0, 0.1) is 0 Å². The molecule has 1 aliphatic rings. The molecule has 7 nitrogen and oxygen atoms in total. The maximum atomic E-state index is 12.8. The van der Waals surface area contributed by atoms with Gasteiger partial charge in [0, 0.05) is 18.0 Å². The van der Waals surface area contributed by atoms with Gasteiger partial charge in [-0.05, 0) is 48.4 Å². The lowest BCUT2D eigenvalue weighted by Crippen LogP contribution is -2.46. The first-order valence-corrected chi connectivity index (χ1v) is 10.5. The highest BCUT2D eigenvalue weighted by molar-refractivity contribution is 8.15. The van der Waals surface area contributed by atoms with E-state index in [0.717, 1.165) is 5.56 Å². The van der Waals surface area contributed by atoms with E-state index >= 15 is 0 Å². The lowest BCUT2D eigenvalue weighted by Gasteiger charge is -2.31. The van der Waals surface area contributed by atoms with Crippen molar-refractivity contribution in [2.45, 2.75) is 18.1 Å². The SMILES string of the molecule is COc1ccc(CCN2C(=O)CC(C(N)=O)SC2=Nc2ccc(Cl)cc2)cc1OC. The van der Waals surface area contributed by atoms with Crippen molar-refractivity contribution in [1.29, 1.82) is 0 Å². The van der Waals surface area contributed by atoms with Gasteiger partial charge < -0.3 is 15.2 Å². The van der Waals surface area contributed by atoms with Crippen LogP contribution in [-0.2, 0) is 16.0 Å². The summed E-state index contributed by atoms with van der Waals surface area (Å²) in [5.41, 5.74) is 7.06. The minimum atomic E-state index is -0.638. The quantitative estimate of drug-likeness (QED) is 0.701. The lowest BCUT2D eigenvalue weighted by atomic mass is 10.1. The molecule has 2 aromatic carbocycles. The van der Waals surface area contributed by atoms with Gasteiger partial charge in [0.25, 0.3) is 0 Å². The van der Waals surface area contributed by atoms with E-state index in [9.17, 15) is 9.59 Å². The number of halogens is 1. The molecular formula is C21H22ClN3O4S. The highest BCUT2D eigenvalue weighted by Gasteiger charge is 2.34. The Kier molecular flexibility index (Phi) is 7.23. The van der Waals surface area contributed by atoms with E-state index in [1.54, 1.807) is 43.4 Å². The second-order valence-electron chi connectivity index (χ2n) is 6.57. The molecule has 9 heteroatoms. The molecule has 1 atom stereocenters. The van der Waals surface area contributed by atoms with Gasteiger partial charge in [0.1, 0.15) is 0 Å². The molecule has 0 saturated carbocycles. The minimum absolute atomic E-state index is 0.0472. The first kappa shape index (κ1) is 22.0. The molecule has 0 aromatic heterocycles. The normalized spacial score (nSPS) is 17.8. The predicted octanol–water partition coefficient (Wildman–Crippen LogP) is 3.41. The van der Waals surface area contributed by atoms with E-state index in [2.05, 4.69) is 4.99 Å². The second kappa shape index (κ2) is 9.86. The van der Waals surface area contributed by atoms with Crippen LogP contribution in [0.3, 0.4) is 0 Å². The summed E-state index contributed by atoms with van der Waals surface area (Å²) in [5, 5.41) is 0.394. The summed E-state index contributed by atoms with van der Waals surface area (Å²) in [6.45, 7) is 0.402. The van der Waals surface area contributed by atoms with Gasteiger partial charge in [-0.3, -0.25) is 14.5 Å². The molecule has 2 N–H and O–H groups in total. The Labute approximate surface area is 184 Å². The minimum Gasteiger partial charge on any atom is -0.493 e. The van der Waals surface area contributed by atoms with Crippen LogP contribution in [0.15, 0.2) is 47.5 Å². The summed E-state index contributed by atoms with van der Waals surface area (Å²) >= 11 is 7.14. The van der Waals surface area contributed by atoms with Gasteiger partial charge >= 0.3 is 0 Å². The smallest absolute Gasteiger partial charge is 0.231 e. The van der Waals surface area contributed by atoms with Gasteiger partial charge in [0.15, 0.2) is 16.7 Å². The molecular weight excluding hydrogens is 426 g/mol. The average molecular weight is 448 g/mol. The van der Waals surface area contributed by atoms with Gasteiger partial charge in [0.05, 0.1) is 25.2 Å². The van der Waals surface area contributed by atoms with Crippen LogP contribution >= 0.6 is 23.4 Å². The molecule has 1 unspecified atom stereocenters. The molecule has 158 valence electrons.